The summed E-state index contributed by atoms with van der Waals surface area (Å²) in [6.07, 6.45) is 5.59. The van der Waals surface area contributed by atoms with Gasteiger partial charge in [0.2, 0.25) is 21.8 Å². The molecule has 0 radical (unpaired) electrons. The summed E-state index contributed by atoms with van der Waals surface area (Å²) in [4.78, 5) is 28.2. The highest BCUT2D eigenvalue weighted by atomic mass is 35.5. The Hall–Kier alpha value is -2.78. The van der Waals surface area contributed by atoms with E-state index in [2.05, 4.69) is 5.32 Å². The van der Waals surface area contributed by atoms with Crippen LogP contribution in [0, 0.1) is 6.92 Å². The smallest absolute Gasteiger partial charge is 0.242 e. The minimum atomic E-state index is -3.63. The predicted octanol–water partition coefficient (Wildman–Crippen LogP) is 4.68. The van der Waals surface area contributed by atoms with Crippen molar-refractivity contribution in [3.63, 3.8) is 0 Å². The molecular formula is C28H38ClN3O5S. The van der Waals surface area contributed by atoms with Gasteiger partial charge in [0.05, 0.1) is 24.1 Å². The summed E-state index contributed by atoms with van der Waals surface area (Å²) >= 11 is 6.22. The number of carbonyl (C=O) groups is 2. The molecule has 1 saturated carbocycles. The Morgan fingerprint density at radius 2 is 1.84 bits per heavy atom. The number of rotatable bonds is 12. The van der Waals surface area contributed by atoms with Crippen molar-refractivity contribution >= 4 is 39.1 Å². The highest BCUT2D eigenvalue weighted by Crippen LogP contribution is 2.30. The lowest BCUT2D eigenvalue weighted by Crippen LogP contribution is -2.49. The Morgan fingerprint density at radius 3 is 2.45 bits per heavy atom. The van der Waals surface area contributed by atoms with Gasteiger partial charge in [-0.3, -0.25) is 13.9 Å². The Balaban J connectivity index is 1.74. The van der Waals surface area contributed by atoms with E-state index in [4.69, 9.17) is 16.3 Å². The molecule has 2 aromatic carbocycles. The van der Waals surface area contributed by atoms with Crippen LogP contribution in [0.1, 0.15) is 56.6 Å². The number of methoxy groups -OCH3 is 1. The van der Waals surface area contributed by atoms with Crippen LogP contribution >= 0.6 is 11.6 Å². The van der Waals surface area contributed by atoms with E-state index in [1.54, 1.807) is 24.0 Å². The van der Waals surface area contributed by atoms with Crippen molar-refractivity contribution in [2.24, 2.45) is 0 Å². The van der Waals surface area contributed by atoms with E-state index in [0.717, 1.165) is 43.1 Å². The number of amides is 2. The topological polar surface area (TPSA) is 96.0 Å². The van der Waals surface area contributed by atoms with Crippen LogP contribution in [0.15, 0.2) is 42.5 Å². The number of hydrogen-bond acceptors (Lipinski definition) is 5. The van der Waals surface area contributed by atoms with Crippen LogP contribution < -0.4 is 14.4 Å². The number of ether oxygens (including phenoxy) is 1. The van der Waals surface area contributed by atoms with Gasteiger partial charge in [-0.15, -0.1) is 0 Å². The first-order valence-electron chi connectivity index (χ1n) is 13.0. The zero-order chi connectivity index (χ0) is 27.9. The van der Waals surface area contributed by atoms with E-state index in [9.17, 15) is 18.0 Å². The molecule has 2 amide bonds. The molecule has 38 heavy (non-hydrogen) atoms. The van der Waals surface area contributed by atoms with E-state index in [-0.39, 0.29) is 37.2 Å². The maximum atomic E-state index is 13.5. The van der Waals surface area contributed by atoms with Crippen molar-refractivity contribution in [3.05, 3.63) is 58.6 Å². The van der Waals surface area contributed by atoms with Crippen molar-refractivity contribution in [1.82, 2.24) is 10.2 Å². The van der Waals surface area contributed by atoms with Crippen molar-refractivity contribution < 1.29 is 22.7 Å². The zero-order valence-electron chi connectivity index (χ0n) is 22.6. The van der Waals surface area contributed by atoms with Gasteiger partial charge in [-0.2, -0.15) is 0 Å². The van der Waals surface area contributed by atoms with Gasteiger partial charge in [-0.1, -0.05) is 48.7 Å². The Morgan fingerprint density at radius 1 is 1.16 bits per heavy atom. The maximum Gasteiger partial charge on any atom is 0.242 e. The molecule has 0 aliphatic heterocycles. The summed E-state index contributed by atoms with van der Waals surface area (Å²) in [6.45, 7) is 4.12. The van der Waals surface area contributed by atoms with Crippen LogP contribution in [0.2, 0.25) is 5.02 Å². The molecule has 0 bridgehead atoms. The first-order chi connectivity index (χ1) is 18.0. The zero-order valence-corrected chi connectivity index (χ0v) is 24.1. The second-order valence-electron chi connectivity index (χ2n) is 9.87. The quantitative estimate of drug-likeness (QED) is 0.404. The van der Waals surface area contributed by atoms with Gasteiger partial charge in [0, 0.05) is 25.6 Å². The molecule has 2 aromatic rings. The van der Waals surface area contributed by atoms with E-state index in [1.807, 2.05) is 31.2 Å². The molecular weight excluding hydrogens is 526 g/mol. The minimum Gasteiger partial charge on any atom is -0.495 e. The molecule has 0 spiro atoms. The lowest BCUT2D eigenvalue weighted by atomic mass is 10.1. The Labute approximate surface area is 231 Å². The largest absolute Gasteiger partial charge is 0.495 e. The second-order valence-corrected chi connectivity index (χ2v) is 12.2. The molecule has 1 N–H and O–H groups in total. The fourth-order valence-corrected chi connectivity index (χ4v) is 5.97. The molecule has 10 heteroatoms. The standard InChI is InChI=1S/C28H38ClN3O5S/c1-20-10-5-6-11-22(20)19-31(21(2)28(34)30-23-12-7-8-13-23)27(33)14-9-17-32(38(4,35)36)24-15-16-26(37-3)25(29)18-24/h5-6,10-11,15-16,18,21,23H,7-9,12-14,17,19H2,1-4H3,(H,30,34)/t21-/m0/s1. The lowest BCUT2D eigenvalue weighted by Gasteiger charge is -2.30. The third kappa shape index (κ3) is 7.86. The van der Waals surface area contributed by atoms with Crippen molar-refractivity contribution in [3.8, 4) is 5.75 Å². The fraction of sp³-hybridized carbons (Fsp3) is 0.500. The number of nitrogens with zero attached hydrogens (tertiary/aromatic N) is 2. The highest BCUT2D eigenvalue weighted by molar-refractivity contribution is 7.92. The number of benzene rings is 2. The highest BCUT2D eigenvalue weighted by Gasteiger charge is 2.29. The molecule has 208 valence electrons. The minimum absolute atomic E-state index is 0.0861. The van der Waals surface area contributed by atoms with E-state index < -0.39 is 16.1 Å². The summed E-state index contributed by atoms with van der Waals surface area (Å²) in [5.41, 5.74) is 2.40. The Bertz CT molecular complexity index is 1230. The third-order valence-corrected chi connectivity index (χ3v) is 8.54. The van der Waals surface area contributed by atoms with E-state index >= 15 is 0 Å². The third-order valence-electron chi connectivity index (χ3n) is 7.05. The van der Waals surface area contributed by atoms with E-state index in [0.29, 0.717) is 23.0 Å². The molecule has 3 rings (SSSR count). The van der Waals surface area contributed by atoms with Crippen LogP contribution in [0.5, 0.6) is 5.75 Å². The van der Waals surface area contributed by atoms with Gasteiger partial charge in [0.25, 0.3) is 0 Å². The average molecular weight is 564 g/mol. The van der Waals surface area contributed by atoms with E-state index in [1.165, 1.54) is 17.5 Å². The number of sulfonamides is 1. The van der Waals surface area contributed by atoms with Crippen LogP contribution in [0.4, 0.5) is 5.69 Å². The van der Waals surface area contributed by atoms with Gasteiger partial charge < -0.3 is 15.0 Å². The van der Waals surface area contributed by atoms with Crippen molar-refractivity contribution in [2.75, 3.05) is 24.2 Å². The molecule has 0 aromatic heterocycles. The summed E-state index contributed by atoms with van der Waals surface area (Å²) in [5.74, 6) is 0.0729. The maximum absolute atomic E-state index is 13.5. The molecule has 0 heterocycles. The number of hydrogen-bond donors (Lipinski definition) is 1. The van der Waals surface area contributed by atoms with Gasteiger partial charge in [0.15, 0.2) is 0 Å². The van der Waals surface area contributed by atoms with Crippen LogP contribution in [-0.4, -0.2) is 57.1 Å². The molecule has 0 saturated heterocycles. The normalized spacial score (nSPS) is 14.7. The number of halogens is 1. The summed E-state index contributed by atoms with van der Waals surface area (Å²) in [6, 6.07) is 12.0. The van der Waals surface area contributed by atoms with Gasteiger partial charge in [0.1, 0.15) is 11.8 Å². The monoisotopic (exact) mass is 563 g/mol. The second kappa shape index (κ2) is 13.3. The first kappa shape index (κ1) is 29.8. The predicted molar refractivity (Wildman–Crippen MR) is 151 cm³/mol. The summed E-state index contributed by atoms with van der Waals surface area (Å²) in [7, 11) is -2.14. The summed E-state index contributed by atoms with van der Waals surface area (Å²) < 4.78 is 31.5. The molecule has 1 aliphatic rings. The Kier molecular flexibility index (Phi) is 10.4. The lowest BCUT2D eigenvalue weighted by molar-refractivity contribution is -0.141. The molecule has 1 aliphatic carbocycles. The van der Waals surface area contributed by atoms with Gasteiger partial charge in [-0.05, 0) is 62.4 Å². The molecule has 0 unspecified atom stereocenters. The van der Waals surface area contributed by atoms with Crippen molar-refractivity contribution in [2.45, 2.75) is 71.0 Å². The van der Waals surface area contributed by atoms with Gasteiger partial charge in [-0.25, -0.2) is 8.42 Å². The van der Waals surface area contributed by atoms with Crippen LogP contribution in [-0.2, 0) is 26.2 Å². The molecule has 1 fully saturated rings. The number of carbonyl (C=O) groups excluding carboxylic acids is 2. The molecule has 1 atom stereocenters. The number of nitrogens with one attached hydrogen (secondary N) is 1. The number of aryl methyl sites for hydroxylation is 1. The van der Waals surface area contributed by atoms with Crippen LogP contribution in [0.25, 0.3) is 0 Å². The fourth-order valence-electron chi connectivity index (χ4n) is 4.76. The van der Waals surface area contributed by atoms with Crippen LogP contribution in [0.3, 0.4) is 0 Å². The summed E-state index contributed by atoms with van der Waals surface area (Å²) in [5, 5.41) is 3.39. The average Bonchev–Trinajstić information content (AvgIpc) is 3.38. The number of anilines is 1. The molecule has 8 nitrogen and oxygen atoms in total. The SMILES string of the molecule is COc1ccc(N(CCCC(=O)N(Cc2ccccc2C)[C@@H](C)C(=O)NC2CCCC2)S(C)(=O)=O)cc1Cl. The van der Waals surface area contributed by atoms with Gasteiger partial charge >= 0.3 is 0 Å². The van der Waals surface area contributed by atoms with Crippen molar-refractivity contribution in [1.29, 1.82) is 0 Å². The first-order valence-corrected chi connectivity index (χ1v) is 15.2.